The van der Waals surface area contributed by atoms with Crippen LogP contribution in [0.4, 0.5) is 11.4 Å². The smallest absolute Gasteiger partial charge is 0.371 e. The normalized spacial score (nSPS) is 11.1. The lowest BCUT2D eigenvalue weighted by molar-refractivity contribution is 0.0660. The molecule has 0 spiro atoms. The van der Waals surface area contributed by atoms with Gasteiger partial charge < -0.3 is 14.8 Å². The van der Waals surface area contributed by atoms with Crippen molar-refractivity contribution in [2.75, 3.05) is 10.0 Å². The lowest BCUT2D eigenvalue weighted by atomic mass is 10.3. The third kappa shape index (κ3) is 4.51. The number of nitrogens with one attached hydrogen (secondary N) is 2. The van der Waals surface area contributed by atoms with Crippen LogP contribution < -0.4 is 15.2 Å². The van der Waals surface area contributed by atoms with Gasteiger partial charge in [-0.25, -0.2) is 9.93 Å². The summed E-state index contributed by atoms with van der Waals surface area (Å²) in [5, 5.41) is 16.6. The number of hydrogen-bond donors (Lipinski definition) is 4. The molecule has 0 saturated heterocycles. The summed E-state index contributed by atoms with van der Waals surface area (Å²) in [4.78, 5) is 10.7. The molecule has 112 valence electrons. The van der Waals surface area contributed by atoms with Gasteiger partial charge in [-0.3, -0.25) is 4.72 Å². The van der Waals surface area contributed by atoms with E-state index < -0.39 is 16.2 Å². The lowest BCUT2D eigenvalue weighted by Gasteiger charge is -2.08. The number of carboxylic acid groups (broad SMARTS) is 1. The largest absolute Gasteiger partial charge is 0.475 e. The monoisotopic (exact) mass is 311 g/mol. The molecule has 0 aliphatic carbocycles. The summed E-state index contributed by atoms with van der Waals surface area (Å²) in [5.74, 6) is -0.839. The fourth-order valence-electron chi connectivity index (χ4n) is 1.63. The quantitative estimate of drug-likeness (QED) is 0.633. The van der Waals surface area contributed by atoms with Gasteiger partial charge in [0.15, 0.2) is 0 Å². The van der Waals surface area contributed by atoms with Crippen molar-refractivity contribution in [2.24, 2.45) is 5.14 Å². The van der Waals surface area contributed by atoms with E-state index in [-0.39, 0.29) is 12.3 Å². The van der Waals surface area contributed by atoms with Crippen molar-refractivity contribution < 1.29 is 22.7 Å². The molecule has 0 unspecified atom stereocenters. The van der Waals surface area contributed by atoms with Crippen molar-refractivity contribution in [3.05, 3.63) is 47.9 Å². The van der Waals surface area contributed by atoms with Gasteiger partial charge in [-0.1, -0.05) is 6.07 Å². The minimum Gasteiger partial charge on any atom is -0.475 e. The molecule has 0 amide bonds. The van der Waals surface area contributed by atoms with Crippen LogP contribution in [-0.4, -0.2) is 19.5 Å². The Morgan fingerprint density at radius 3 is 2.57 bits per heavy atom. The van der Waals surface area contributed by atoms with E-state index in [1.807, 2.05) is 0 Å². The van der Waals surface area contributed by atoms with Gasteiger partial charge in [-0.15, -0.1) is 0 Å². The van der Waals surface area contributed by atoms with Crippen LogP contribution in [0, 0.1) is 0 Å². The molecule has 1 aromatic carbocycles. The predicted molar refractivity (Wildman–Crippen MR) is 76.2 cm³/mol. The second-order valence-corrected chi connectivity index (χ2v) is 5.45. The molecule has 2 rings (SSSR count). The zero-order chi connectivity index (χ0) is 15.5. The van der Waals surface area contributed by atoms with E-state index in [0.29, 0.717) is 17.1 Å². The van der Waals surface area contributed by atoms with Crippen molar-refractivity contribution >= 4 is 27.6 Å². The predicted octanol–water partition coefficient (Wildman–Crippen LogP) is 1.21. The Morgan fingerprint density at radius 2 is 1.95 bits per heavy atom. The van der Waals surface area contributed by atoms with Gasteiger partial charge in [-0.2, -0.15) is 8.42 Å². The van der Waals surface area contributed by atoms with Gasteiger partial charge in [0.05, 0.1) is 12.2 Å². The molecule has 0 aliphatic rings. The molecule has 5 N–H and O–H groups in total. The summed E-state index contributed by atoms with van der Waals surface area (Å²) in [5.41, 5.74) is 0.935. The second kappa shape index (κ2) is 5.85. The topological polar surface area (TPSA) is 135 Å². The van der Waals surface area contributed by atoms with Crippen molar-refractivity contribution in [2.45, 2.75) is 6.54 Å². The van der Waals surface area contributed by atoms with Crippen LogP contribution in [0.15, 0.2) is 40.8 Å². The van der Waals surface area contributed by atoms with Gasteiger partial charge >= 0.3 is 5.97 Å². The maximum atomic E-state index is 10.9. The first kappa shape index (κ1) is 14.9. The molecule has 2 aromatic rings. The standard InChI is InChI=1S/C12H13N3O5S/c13-21(18,19)15-9-3-1-2-8(6-9)14-7-10-4-5-11(20-10)12(16)17/h1-6,14-15H,7H2,(H,16,17)(H2,13,18,19). The molecule has 8 nitrogen and oxygen atoms in total. The summed E-state index contributed by atoms with van der Waals surface area (Å²) in [6.45, 7) is 0.256. The molecule has 0 fully saturated rings. The fraction of sp³-hybridized carbons (Fsp3) is 0.0833. The molecule has 0 saturated carbocycles. The van der Waals surface area contributed by atoms with E-state index in [2.05, 4.69) is 10.0 Å². The number of anilines is 2. The SMILES string of the molecule is NS(=O)(=O)Nc1cccc(NCc2ccc(C(=O)O)o2)c1. The number of rotatable bonds is 6. The van der Waals surface area contributed by atoms with Gasteiger partial charge in [0.1, 0.15) is 5.76 Å². The third-order valence-corrected chi connectivity index (χ3v) is 2.98. The Morgan fingerprint density at radius 1 is 1.24 bits per heavy atom. The molecule has 9 heteroatoms. The zero-order valence-electron chi connectivity index (χ0n) is 10.7. The summed E-state index contributed by atoms with van der Waals surface area (Å²) >= 11 is 0. The number of hydrogen-bond acceptors (Lipinski definition) is 5. The second-order valence-electron chi connectivity index (χ2n) is 4.15. The molecule has 0 radical (unpaired) electrons. The first-order valence-corrected chi connectivity index (χ1v) is 7.34. The van der Waals surface area contributed by atoms with Crippen LogP contribution in [0.1, 0.15) is 16.3 Å². The molecule has 21 heavy (non-hydrogen) atoms. The molecule has 0 bridgehead atoms. The lowest BCUT2D eigenvalue weighted by Crippen LogP contribution is -2.21. The van der Waals surface area contributed by atoms with E-state index in [0.717, 1.165) is 0 Å². The van der Waals surface area contributed by atoms with Crippen molar-refractivity contribution in [1.82, 2.24) is 0 Å². The zero-order valence-corrected chi connectivity index (χ0v) is 11.6. The van der Waals surface area contributed by atoms with E-state index in [9.17, 15) is 13.2 Å². The van der Waals surface area contributed by atoms with Gasteiger partial charge in [0.2, 0.25) is 5.76 Å². The Labute approximate surface area is 120 Å². The van der Waals surface area contributed by atoms with Crippen LogP contribution in [0.25, 0.3) is 0 Å². The Bertz CT molecular complexity index is 754. The average Bonchev–Trinajstić information content (AvgIpc) is 2.83. The summed E-state index contributed by atoms with van der Waals surface area (Å²) < 4.78 is 29.1. The molecular weight excluding hydrogens is 298 g/mol. The molecular formula is C12H13N3O5S. The number of aromatic carboxylic acids is 1. The summed E-state index contributed by atoms with van der Waals surface area (Å²) in [6, 6.07) is 9.35. The van der Waals surface area contributed by atoms with Crippen molar-refractivity contribution in [3.8, 4) is 0 Å². The fourth-order valence-corrected chi connectivity index (χ4v) is 2.09. The minimum absolute atomic E-state index is 0.142. The molecule has 0 aliphatic heterocycles. The van der Waals surface area contributed by atoms with E-state index in [4.69, 9.17) is 14.7 Å². The Kier molecular flexibility index (Phi) is 4.15. The Balaban J connectivity index is 2.02. The van der Waals surface area contributed by atoms with Crippen LogP contribution in [0.2, 0.25) is 0 Å². The van der Waals surface area contributed by atoms with E-state index in [1.165, 1.54) is 6.07 Å². The molecule has 1 heterocycles. The maximum absolute atomic E-state index is 10.9. The Hall–Kier alpha value is -2.52. The molecule has 0 atom stereocenters. The van der Waals surface area contributed by atoms with E-state index in [1.54, 1.807) is 30.3 Å². The number of furan rings is 1. The van der Waals surface area contributed by atoms with Crippen molar-refractivity contribution in [3.63, 3.8) is 0 Å². The number of nitrogens with two attached hydrogens (primary N) is 1. The number of carboxylic acids is 1. The summed E-state index contributed by atoms with van der Waals surface area (Å²) in [7, 11) is -3.83. The highest BCUT2D eigenvalue weighted by atomic mass is 32.2. The minimum atomic E-state index is -3.83. The average molecular weight is 311 g/mol. The number of carbonyl (C=O) groups is 1. The van der Waals surface area contributed by atoms with Crippen LogP contribution in [0.3, 0.4) is 0 Å². The van der Waals surface area contributed by atoms with Gasteiger partial charge in [0.25, 0.3) is 10.2 Å². The highest BCUT2D eigenvalue weighted by Gasteiger charge is 2.08. The van der Waals surface area contributed by atoms with Gasteiger partial charge in [0, 0.05) is 5.69 Å². The van der Waals surface area contributed by atoms with Gasteiger partial charge in [-0.05, 0) is 30.3 Å². The third-order valence-electron chi connectivity index (χ3n) is 2.46. The van der Waals surface area contributed by atoms with Crippen LogP contribution in [0.5, 0.6) is 0 Å². The first-order chi connectivity index (χ1) is 9.83. The highest BCUT2D eigenvalue weighted by Crippen LogP contribution is 2.17. The highest BCUT2D eigenvalue weighted by molar-refractivity contribution is 7.90. The summed E-state index contributed by atoms with van der Waals surface area (Å²) in [6.07, 6.45) is 0. The molecule has 1 aromatic heterocycles. The number of benzene rings is 1. The van der Waals surface area contributed by atoms with E-state index >= 15 is 0 Å². The van der Waals surface area contributed by atoms with Crippen LogP contribution >= 0.6 is 0 Å². The first-order valence-electron chi connectivity index (χ1n) is 5.80. The van der Waals surface area contributed by atoms with Crippen LogP contribution in [-0.2, 0) is 16.8 Å². The maximum Gasteiger partial charge on any atom is 0.371 e. The van der Waals surface area contributed by atoms with Crippen molar-refractivity contribution in [1.29, 1.82) is 0 Å².